The molecule has 0 bridgehead atoms. The molecule has 2 nitrogen and oxygen atoms in total. The van der Waals surface area contributed by atoms with Crippen molar-refractivity contribution in [1.29, 1.82) is 0 Å². The Hall–Kier alpha value is -0.890. The van der Waals surface area contributed by atoms with Crippen LogP contribution in [0.4, 0.5) is 0 Å². The number of hydrogen-bond acceptors (Lipinski definition) is 2. The number of fused-ring (bicyclic) bond motifs is 5. The zero-order valence-corrected chi connectivity index (χ0v) is 16.8. The number of carbonyl (C=O) groups excluding carboxylic acids is 1. The van der Waals surface area contributed by atoms with Gasteiger partial charge in [0, 0.05) is 12.5 Å². The smallest absolute Gasteiger partial charge is 0.159 e. The molecule has 0 aromatic heterocycles. The van der Waals surface area contributed by atoms with Gasteiger partial charge in [-0.25, -0.2) is 0 Å². The topological polar surface area (TPSA) is 20.3 Å². The summed E-state index contributed by atoms with van der Waals surface area (Å²) in [5.74, 6) is 2.51. The van der Waals surface area contributed by atoms with Crippen LogP contribution in [0.25, 0.3) is 0 Å². The highest BCUT2D eigenvalue weighted by Gasteiger charge is 2.59. The maximum Gasteiger partial charge on any atom is 0.159 e. The summed E-state index contributed by atoms with van der Waals surface area (Å²) in [6.45, 7) is 7.01. The Morgan fingerprint density at radius 3 is 2.48 bits per heavy atom. The Labute approximate surface area is 153 Å². The molecule has 0 aromatic rings. The van der Waals surface area contributed by atoms with Crippen LogP contribution in [0.3, 0.4) is 0 Å². The molecule has 4 rings (SSSR count). The second-order valence-corrected chi connectivity index (χ2v) is 9.91. The summed E-state index contributed by atoms with van der Waals surface area (Å²) in [7, 11) is 4.46. The van der Waals surface area contributed by atoms with Gasteiger partial charge < -0.3 is 4.90 Å². The van der Waals surface area contributed by atoms with Crippen molar-refractivity contribution >= 4 is 5.78 Å². The quantitative estimate of drug-likeness (QED) is 0.494. The molecule has 2 heteroatoms. The Balaban J connectivity index is 1.66. The number of rotatable bonds is 1. The third kappa shape index (κ3) is 2.36. The number of hydrogen-bond donors (Lipinski definition) is 0. The monoisotopic (exact) mass is 341 g/mol. The average Bonchev–Trinajstić information content (AvgIpc) is 2.83. The van der Waals surface area contributed by atoms with Gasteiger partial charge >= 0.3 is 0 Å². The van der Waals surface area contributed by atoms with E-state index in [4.69, 9.17) is 0 Å². The minimum absolute atomic E-state index is 0.148. The second kappa shape index (κ2) is 5.81. The highest BCUT2D eigenvalue weighted by atomic mass is 16.1. The van der Waals surface area contributed by atoms with Gasteiger partial charge in [-0.15, -0.1) is 0 Å². The molecular formula is C23H35NO. The molecular weight excluding hydrogens is 306 g/mol. The van der Waals surface area contributed by atoms with Gasteiger partial charge in [0.05, 0.1) is 0 Å². The Kier molecular flexibility index (Phi) is 4.07. The molecule has 0 aromatic carbocycles. The van der Waals surface area contributed by atoms with E-state index < -0.39 is 0 Å². The number of carbonyl (C=O) groups is 1. The van der Waals surface area contributed by atoms with Crippen LogP contribution in [-0.2, 0) is 4.79 Å². The van der Waals surface area contributed by atoms with Crippen LogP contribution < -0.4 is 0 Å². The van der Waals surface area contributed by atoms with Gasteiger partial charge in [0.1, 0.15) is 0 Å². The lowest BCUT2D eigenvalue weighted by atomic mass is 9.47. The van der Waals surface area contributed by atoms with Crippen LogP contribution >= 0.6 is 0 Å². The van der Waals surface area contributed by atoms with E-state index in [0.717, 1.165) is 17.9 Å². The highest BCUT2D eigenvalue weighted by Crippen LogP contribution is 2.65. The van der Waals surface area contributed by atoms with E-state index in [9.17, 15) is 4.79 Å². The van der Waals surface area contributed by atoms with Crippen LogP contribution in [0.2, 0.25) is 0 Å². The predicted octanol–water partition coefficient (Wildman–Crippen LogP) is 5.00. The third-order valence-corrected chi connectivity index (χ3v) is 8.81. The number of ketones is 1. The molecule has 4 aliphatic carbocycles. The molecule has 0 heterocycles. The van der Waals surface area contributed by atoms with Crippen molar-refractivity contribution < 1.29 is 4.79 Å². The normalized spacial score (nSPS) is 48.2. The summed E-state index contributed by atoms with van der Waals surface area (Å²) in [5, 5.41) is 0. The van der Waals surface area contributed by atoms with Gasteiger partial charge in [-0.3, -0.25) is 4.79 Å². The molecule has 25 heavy (non-hydrogen) atoms. The lowest BCUT2D eigenvalue weighted by molar-refractivity contribution is -0.115. The second-order valence-electron chi connectivity index (χ2n) is 9.91. The summed E-state index contributed by atoms with van der Waals surface area (Å²) >= 11 is 0. The van der Waals surface area contributed by atoms with Crippen molar-refractivity contribution in [2.45, 2.75) is 71.8 Å². The van der Waals surface area contributed by atoms with E-state index >= 15 is 0 Å². The fourth-order valence-electron chi connectivity index (χ4n) is 7.23. The van der Waals surface area contributed by atoms with Gasteiger partial charge in [0.15, 0.2) is 5.78 Å². The molecule has 0 spiro atoms. The first-order chi connectivity index (χ1) is 11.8. The van der Waals surface area contributed by atoms with Crippen molar-refractivity contribution in [1.82, 2.24) is 4.90 Å². The molecule has 0 aliphatic heterocycles. The molecule has 4 aliphatic rings. The van der Waals surface area contributed by atoms with E-state index in [-0.39, 0.29) is 5.41 Å². The van der Waals surface area contributed by atoms with Crippen LogP contribution in [0, 0.1) is 28.6 Å². The SMILES string of the molecule is C/C=C1\C(=O)C[C@H]2[C@@H]3CC=C4C[C@@H](N(C)C)CC[C@]4(C)[C@H]3CC[C@]12C. The molecule has 0 amide bonds. The summed E-state index contributed by atoms with van der Waals surface area (Å²) in [6.07, 6.45) is 13.2. The van der Waals surface area contributed by atoms with Gasteiger partial charge in [-0.2, -0.15) is 0 Å². The first-order valence-electron chi connectivity index (χ1n) is 10.4. The molecule has 0 unspecified atom stereocenters. The van der Waals surface area contributed by atoms with E-state index in [1.165, 1.54) is 38.5 Å². The van der Waals surface area contributed by atoms with Gasteiger partial charge in [0.2, 0.25) is 0 Å². The predicted molar refractivity (Wildman–Crippen MR) is 103 cm³/mol. The van der Waals surface area contributed by atoms with E-state index in [1.807, 2.05) is 0 Å². The number of allylic oxidation sites excluding steroid dienone is 3. The Morgan fingerprint density at radius 1 is 1.08 bits per heavy atom. The zero-order valence-electron chi connectivity index (χ0n) is 16.8. The molecule has 0 N–H and O–H groups in total. The average molecular weight is 342 g/mol. The fraction of sp³-hybridized carbons (Fsp3) is 0.783. The highest BCUT2D eigenvalue weighted by molar-refractivity contribution is 5.99. The lowest BCUT2D eigenvalue weighted by Gasteiger charge is -2.57. The number of Topliss-reactive ketones (excluding diaryl/α,β-unsaturated/α-hetero) is 1. The Bertz CT molecular complexity index is 644. The molecule has 0 saturated heterocycles. The van der Waals surface area contributed by atoms with Crippen LogP contribution in [-0.4, -0.2) is 30.8 Å². The summed E-state index contributed by atoms with van der Waals surface area (Å²) in [4.78, 5) is 15.1. The first kappa shape index (κ1) is 17.5. The van der Waals surface area contributed by atoms with Crippen molar-refractivity contribution in [2.75, 3.05) is 14.1 Å². The minimum atomic E-state index is 0.148. The van der Waals surface area contributed by atoms with Crippen LogP contribution in [0.5, 0.6) is 0 Å². The molecule has 3 saturated carbocycles. The zero-order chi connectivity index (χ0) is 18.0. The van der Waals surface area contributed by atoms with Gasteiger partial charge in [0.25, 0.3) is 0 Å². The van der Waals surface area contributed by atoms with Crippen molar-refractivity contribution in [2.24, 2.45) is 28.6 Å². The van der Waals surface area contributed by atoms with Gasteiger partial charge in [-0.1, -0.05) is 31.6 Å². The van der Waals surface area contributed by atoms with Gasteiger partial charge in [-0.05, 0) is 93.7 Å². The molecule has 6 atom stereocenters. The standard InChI is InChI=1S/C23H35NO/c1-6-18-21(25)14-20-17-8-7-15-13-16(24(4)5)9-11-22(15,2)19(17)10-12-23(18,20)3/h6-7,16-17,19-20H,8-14H2,1-5H3/b18-6+/t16-,17+,19-,20-,22-,23+/m0/s1. The molecule has 0 radical (unpaired) electrons. The maximum atomic E-state index is 12.6. The third-order valence-electron chi connectivity index (χ3n) is 8.81. The summed E-state index contributed by atoms with van der Waals surface area (Å²) < 4.78 is 0. The maximum absolute atomic E-state index is 12.6. The lowest BCUT2D eigenvalue weighted by Crippen LogP contribution is -2.50. The van der Waals surface area contributed by atoms with Crippen molar-refractivity contribution in [3.05, 3.63) is 23.3 Å². The number of nitrogens with zero attached hydrogens (tertiary/aromatic N) is 1. The largest absolute Gasteiger partial charge is 0.306 e. The van der Waals surface area contributed by atoms with E-state index in [1.54, 1.807) is 5.57 Å². The fourth-order valence-corrected chi connectivity index (χ4v) is 7.23. The molecule has 138 valence electrons. The van der Waals surface area contributed by atoms with Crippen molar-refractivity contribution in [3.63, 3.8) is 0 Å². The van der Waals surface area contributed by atoms with E-state index in [0.29, 0.717) is 29.1 Å². The Morgan fingerprint density at radius 2 is 1.80 bits per heavy atom. The van der Waals surface area contributed by atoms with Crippen LogP contribution in [0.15, 0.2) is 23.3 Å². The van der Waals surface area contributed by atoms with Crippen molar-refractivity contribution in [3.8, 4) is 0 Å². The molecule has 3 fully saturated rings. The summed E-state index contributed by atoms with van der Waals surface area (Å²) in [6, 6.07) is 0.715. The first-order valence-corrected chi connectivity index (χ1v) is 10.4. The minimum Gasteiger partial charge on any atom is -0.306 e. The summed E-state index contributed by atoms with van der Waals surface area (Å²) in [5.41, 5.74) is 3.42. The van der Waals surface area contributed by atoms with E-state index in [2.05, 4.69) is 51.9 Å². The van der Waals surface area contributed by atoms with Crippen LogP contribution in [0.1, 0.15) is 65.7 Å².